The fraction of sp³-hybridized carbons (Fsp3) is 0.294. The summed E-state index contributed by atoms with van der Waals surface area (Å²) in [6, 6.07) is 1.78. The van der Waals surface area contributed by atoms with Crippen LogP contribution in [0.3, 0.4) is 0 Å². The number of unbranched alkanes of at least 4 members (excludes halogenated alkanes) is 1. The fourth-order valence-electron chi connectivity index (χ4n) is 1.26. The van der Waals surface area contributed by atoms with E-state index in [9.17, 15) is 14.4 Å². The summed E-state index contributed by atoms with van der Waals surface area (Å²) in [4.78, 5) is 34.6. The molecule has 0 spiro atoms. The molecule has 0 radical (unpaired) electrons. The molecule has 122 valence electrons. The number of rotatable bonds is 8. The number of nitrogens with one attached hydrogen (secondary N) is 1. The highest BCUT2D eigenvalue weighted by atomic mass is 16.5. The van der Waals surface area contributed by atoms with Gasteiger partial charge in [-0.2, -0.15) is 5.26 Å². The van der Waals surface area contributed by atoms with Crippen molar-refractivity contribution in [1.29, 1.82) is 5.26 Å². The first-order valence-electron chi connectivity index (χ1n) is 7.05. The maximum Gasteiger partial charge on any atom is 0.338 e. The molecule has 0 aliphatic rings. The lowest BCUT2D eigenvalue weighted by molar-refractivity contribution is -0.138. The Bertz CT molecular complexity index is 592. The van der Waals surface area contributed by atoms with E-state index >= 15 is 0 Å². The van der Waals surface area contributed by atoms with Crippen molar-refractivity contribution in [2.24, 2.45) is 0 Å². The first kappa shape index (κ1) is 20.1. The average molecular weight is 316 g/mol. The Morgan fingerprint density at radius 3 is 2.57 bits per heavy atom. The van der Waals surface area contributed by atoms with Crippen LogP contribution in [0.15, 0.2) is 48.1 Å². The predicted octanol–water partition coefficient (Wildman–Crippen LogP) is 2.11. The van der Waals surface area contributed by atoms with E-state index in [2.05, 4.69) is 11.9 Å². The molecular weight excluding hydrogens is 296 g/mol. The van der Waals surface area contributed by atoms with Gasteiger partial charge in [-0.05, 0) is 31.6 Å². The first-order chi connectivity index (χ1) is 11.0. The normalized spacial score (nSPS) is 11.7. The van der Waals surface area contributed by atoms with Gasteiger partial charge in [-0.3, -0.25) is 14.9 Å². The van der Waals surface area contributed by atoms with Gasteiger partial charge in [0.05, 0.1) is 18.2 Å². The lowest BCUT2D eigenvalue weighted by atomic mass is 10.2. The van der Waals surface area contributed by atoms with E-state index in [4.69, 9.17) is 10.00 Å². The van der Waals surface area contributed by atoms with Gasteiger partial charge in [-0.25, -0.2) is 4.79 Å². The number of nitrogens with zero attached hydrogens (tertiary/aromatic N) is 1. The van der Waals surface area contributed by atoms with E-state index in [1.165, 1.54) is 25.2 Å². The third kappa shape index (κ3) is 8.83. The molecule has 0 bridgehead atoms. The molecule has 0 saturated heterocycles. The molecule has 0 heterocycles. The Morgan fingerprint density at radius 2 is 2.00 bits per heavy atom. The van der Waals surface area contributed by atoms with Gasteiger partial charge in [0.25, 0.3) is 5.91 Å². The standard InChI is InChI=1S/C17H20N2O4/c1-4-6-12-23-17(22)14(8-7-11-18)10-9-13(3)16(21)19-15(20)5-2/h5,7-10H,2,4,6,12H2,1,3H3,(H,19,20,21). The summed E-state index contributed by atoms with van der Waals surface area (Å²) < 4.78 is 5.05. The van der Waals surface area contributed by atoms with Gasteiger partial charge in [0.2, 0.25) is 5.91 Å². The van der Waals surface area contributed by atoms with Crippen LogP contribution >= 0.6 is 0 Å². The zero-order chi connectivity index (χ0) is 17.7. The van der Waals surface area contributed by atoms with E-state index in [-0.39, 0.29) is 17.8 Å². The molecule has 0 fully saturated rings. The SMILES string of the molecule is C=CC(=O)NC(=O)C(C)=CC=C(C=CC#N)C(=O)OCCCC. The predicted molar refractivity (Wildman–Crippen MR) is 85.8 cm³/mol. The minimum Gasteiger partial charge on any atom is -0.462 e. The summed E-state index contributed by atoms with van der Waals surface area (Å²) in [5.41, 5.74) is 0.342. The number of nitriles is 1. The number of hydrogen-bond donors (Lipinski definition) is 1. The first-order valence-corrected chi connectivity index (χ1v) is 7.05. The van der Waals surface area contributed by atoms with E-state index in [1.54, 1.807) is 6.07 Å². The monoisotopic (exact) mass is 316 g/mol. The van der Waals surface area contributed by atoms with Gasteiger partial charge in [-0.15, -0.1) is 0 Å². The number of carbonyl (C=O) groups is 3. The van der Waals surface area contributed by atoms with Crippen LogP contribution in [0, 0.1) is 11.3 Å². The van der Waals surface area contributed by atoms with Crippen molar-refractivity contribution in [3.8, 4) is 6.07 Å². The lowest BCUT2D eigenvalue weighted by Crippen LogP contribution is -2.29. The number of carbonyl (C=O) groups excluding carboxylic acids is 3. The largest absolute Gasteiger partial charge is 0.462 e. The third-order valence-electron chi connectivity index (χ3n) is 2.60. The van der Waals surface area contributed by atoms with Gasteiger partial charge in [0, 0.05) is 11.6 Å². The molecule has 0 aromatic carbocycles. The third-order valence-corrected chi connectivity index (χ3v) is 2.60. The number of esters is 1. The molecule has 23 heavy (non-hydrogen) atoms. The maximum atomic E-state index is 11.9. The van der Waals surface area contributed by atoms with Gasteiger partial charge in [0.1, 0.15) is 0 Å². The number of amides is 2. The Hall–Kier alpha value is -2.94. The van der Waals surface area contributed by atoms with Crippen LogP contribution in [0.25, 0.3) is 0 Å². The minimum absolute atomic E-state index is 0.129. The van der Waals surface area contributed by atoms with Gasteiger partial charge < -0.3 is 4.74 Å². The highest BCUT2D eigenvalue weighted by molar-refractivity contribution is 6.07. The molecule has 0 rings (SSSR count). The summed E-state index contributed by atoms with van der Waals surface area (Å²) in [7, 11) is 0. The summed E-state index contributed by atoms with van der Waals surface area (Å²) in [6.07, 6.45) is 7.76. The molecule has 0 aromatic heterocycles. The van der Waals surface area contributed by atoms with Crippen molar-refractivity contribution in [3.05, 3.63) is 48.1 Å². The molecule has 6 heteroatoms. The van der Waals surface area contributed by atoms with Crippen molar-refractivity contribution < 1.29 is 19.1 Å². The van der Waals surface area contributed by atoms with Gasteiger partial charge in [0.15, 0.2) is 0 Å². The number of imide groups is 1. The maximum absolute atomic E-state index is 11.9. The average Bonchev–Trinajstić information content (AvgIpc) is 2.54. The smallest absolute Gasteiger partial charge is 0.338 e. The summed E-state index contributed by atoms with van der Waals surface area (Å²) in [5.74, 6) is -1.80. The van der Waals surface area contributed by atoms with Crippen molar-refractivity contribution >= 4 is 17.8 Å². The topological polar surface area (TPSA) is 96.3 Å². The van der Waals surface area contributed by atoms with E-state index in [0.717, 1.165) is 25.0 Å². The second-order valence-corrected chi connectivity index (χ2v) is 4.45. The zero-order valence-electron chi connectivity index (χ0n) is 13.3. The summed E-state index contributed by atoms with van der Waals surface area (Å²) in [5, 5.41) is 10.6. The lowest BCUT2D eigenvalue weighted by Gasteiger charge is -2.04. The number of hydrogen-bond acceptors (Lipinski definition) is 5. The van der Waals surface area contributed by atoms with Crippen molar-refractivity contribution in [3.63, 3.8) is 0 Å². The zero-order valence-corrected chi connectivity index (χ0v) is 13.3. The second kappa shape index (κ2) is 11.7. The highest BCUT2D eigenvalue weighted by Crippen LogP contribution is 2.05. The molecule has 0 aromatic rings. The van der Waals surface area contributed by atoms with E-state index in [0.29, 0.717) is 0 Å². The van der Waals surface area contributed by atoms with Crippen LogP contribution in [0.5, 0.6) is 0 Å². The molecule has 0 atom stereocenters. The highest BCUT2D eigenvalue weighted by Gasteiger charge is 2.09. The van der Waals surface area contributed by atoms with Gasteiger partial charge in [-0.1, -0.05) is 26.0 Å². The van der Waals surface area contributed by atoms with Crippen LogP contribution in [-0.2, 0) is 19.1 Å². The molecule has 2 amide bonds. The fourth-order valence-corrected chi connectivity index (χ4v) is 1.26. The van der Waals surface area contributed by atoms with Crippen LogP contribution in [0.1, 0.15) is 26.7 Å². The van der Waals surface area contributed by atoms with E-state index in [1.807, 2.05) is 6.92 Å². The molecule has 0 aliphatic carbocycles. The summed E-state index contributed by atoms with van der Waals surface area (Å²) in [6.45, 7) is 6.97. The Kier molecular flexibility index (Phi) is 10.2. The molecule has 6 nitrogen and oxygen atoms in total. The van der Waals surface area contributed by atoms with Crippen molar-refractivity contribution in [1.82, 2.24) is 5.32 Å². The number of allylic oxidation sites excluding steroid dienone is 3. The van der Waals surface area contributed by atoms with Crippen LogP contribution < -0.4 is 5.32 Å². The second-order valence-electron chi connectivity index (χ2n) is 4.45. The molecular formula is C17H20N2O4. The van der Waals surface area contributed by atoms with Crippen molar-refractivity contribution in [2.75, 3.05) is 6.61 Å². The minimum atomic E-state index is -0.615. The van der Waals surface area contributed by atoms with E-state index < -0.39 is 17.8 Å². The molecule has 0 saturated carbocycles. The van der Waals surface area contributed by atoms with Crippen molar-refractivity contribution in [2.45, 2.75) is 26.7 Å². The molecule has 0 aliphatic heterocycles. The Labute approximate surface area is 135 Å². The summed E-state index contributed by atoms with van der Waals surface area (Å²) >= 11 is 0. The van der Waals surface area contributed by atoms with Crippen LogP contribution in [0.2, 0.25) is 0 Å². The number of ether oxygens (including phenoxy) is 1. The van der Waals surface area contributed by atoms with Crippen LogP contribution in [-0.4, -0.2) is 24.4 Å². The van der Waals surface area contributed by atoms with Crippen LogP contribution in [0.4, 0.5) is 0 Å². The van der Waals surface area contributed by atoms with Gasteiger partial charge >= 0.3 is 5.97 Å². The Balaban J connectivity index is 5.09. The Morgan fingerprint density at radius 1 is 1.30 bits per heavy atom. The molecule has 1 N–H and O–H groups in total. The molecule has 0 unspecified atom stereocenters. The quantitative estimate of drug-likeness (QED) is 0.243.